The smallest absolute Gasteiger partial charge is 0.340 e. The molecule has 2 rings (SSSR count). The Kier molecular flexibility index (Phi) is 8.77. The first-order valence-electron chi connectivity index (χ1n) is 7.08. The largest absolute Gasteiger partial charge is 0.465 e. The van der Waals surface area contributed by atoms with Crippen molar-refractivity contribution in [3.05, 3.63) is 65.6 Å². The molecule has 0 saturated heterocycles. The Morgan fingerprint density at radius 2 is 1.18 bits per heavy atom. The molecule has 0 aliphatic heterocycles. The van der Waals surface area contributed by atoms with Gasteiger partial charge in [-0.3, -0.25) is 10.1 Å². The van der Waals surface area contributed by atoms with Crippen molar-refractivity contribution in [2.24, 2.45) is 0 Å². The number of anilines is 1. The van der Waals surface area contributed by atoms with E-state index in [1.165, 1.54) is 19.2 Å². The number of nitrogen functional groups attached to an aromatic ring is 1. The summed E-state index contributed by atoms with van der Waals surface area (Å²) in [5, 5.41) is 10.6. The van der Waals surface area contributed by atoms with E-state index in [1.54, 1.807) is 0 Å². The lowest BCUT2D eigenvalue weighted by molar-refractivity contribution is -0.384. The molecule has 12 heteroatoms. The summed E-state index contributed by atoms with van der Waals surface area (Å²) in [6, 6.07) is 4.97. The van der Waals surface area contributed by atoms with Crippen molar-refractivity contribution in [2.75, 3.05) is 20.0 Å². The molecule has 0 spiro atoms. The normalized spacial score (nSPS) is 9.79. The number of non-ortho nitro benzene ring substituents is 1. The van der Waals surface area contributed by atoms with Crippen LogP contribution < -0.4 is 5.73 Å². The molecule has 0 bridgehead atoms. The monoisotopic (exact) mass is 468 g/mol. The number of carbonyl (C=O) groups is 2. The zero-order chi connectivity index (χ0) is 21.6. The minimum atomic E-state index is -0.736. The second-order valence-corrected chi connectivity index (χ2v) is 6.51. The first kappa shape index (κ1) is 23.8. The van der Waals surface area contributed by atoms with Gasteiger partial charge in [-0.15, -0.1) is 0 Å². The van der Waals surface area contributed by atoms with Crippen LogP contribution in [-0.2, 0) is 9.47 Å². The number of benzene rings is 2. The van der Waals surface area contributed by atoms with Gasteiger partial charge in [0.15, 0.2) is 0 Å². The van der Waals surface area contributed by atoms with E-state index in [-0.39, 0.29) is 36.9 Å². The number of nitrogens with zero attached hydrogens (tertiary/aromatic N) is 1. The quantitative estimate of drug-likeness (QED) is 0.288. The number of nitro groups is 1. The van der Waals surface area contributed by atoms with Crippen LogP contribution in [-0.4, -0.2) is 31.1 Å². The number of nitro benzene ring substituents is 1. The molecule has 0 saturated carbocycles. The Morgan fingerprint density at radius 3 is 1.46 bits per heavy atom. The van der Waals surface area contributed by atoms with Crippen molar-refractivity contribution in [1.82, 2.24) is 0 Å². The molecule has 0 aromatic heterocycles. The fourth-order valence-electron chi connectivity index (χ4n) is 1.85. The summed E-state index contributed by atoms with van der Waals surface area (Å²) < 4.78 is 8.91. The Bertz CT molecular complexity index is 889. The third-order valence-corrected chi connectivity index (χ3v) is 4.27. The lowest BCUT2D eigenvalue weighted by atomic mass is 10.2. The molecule has 0 heterocycles. The van der Waals surface area contributed by atoms with Gasteiger partial charge in [-0.2, -0.15) is 0 Å². The number of carbonyl (C=O) groups excluding carboxylic acids is 2. The zero-order valence-corrected chi connectivity index (χ0v) is 17.3. The van der Waals surface area contributed by atoms with Gasteiger partial charge in [-0.05, 0) is 12.1 Å². The number of esters is 2. The summed E-state index contributed by atoms with van der Waals surface area (Å²) >= 11 is 22.8. The molecule has 2 aromatic carbocycles. The minimum absolute atomic E-state index is 0.0774. The first-order chi connectivity index (χ1) is 13.0. The molecule has 28 heavy (non-hydrogen) atoms. The molecule has 150 valence electrons. The van der Waals surface area contributed by atoms with Crippen molar-refractivity contribution >= 4 is 69.7 Å². The van der Waals surface area contributed by atoms with Gasteiger partial charge in [-0.1, -0.05) is 46.4 Å². The van der Waals surface area contributed by atoms with Gasteiger partial charge in [0.25, 0.3) is 5.69 Å². The Balaban J connectivity index is 0.000000283. The van der Waals surface area contributed by atoms with Crippen LogP contribution in [0.25, 0.3) is 0 Å². The minimum Gasteiger partial charge on any atom is -0.465 e. The lowest BCUT2D eigenvalue weighted by Crippen LogP contribution is -2.03. The second kappa shape index (κ2) is 10.3. The van der Waals surface area contributed by atoms with Gasteiger partial charge in [0.1, 0.15) is 0 Å². The maximum Gasteiger partial charge on any atom is 0.340 e. The van der Waals surface area contributed by atoms with E-state index < -0.39 is 16.9 Å². The molecule has 0 radical (unpaired) electrons. The summed E-state index contributed by atoms with van der Waals surface area (Å²) in [7, 11) is 2.42. The number of rotatable bonds is 3. The molecule has 0 unspecified atom stereocenters. The van der Waals surface area contributed by atoms with Crippen LogP contribution in [0.15, 0.2) is 24.3 Å². The highest BCUT2D eigenvalue weighted by Crippen LogP contribution is 2.30. The first-order valence-corrected chi connectivity index (χ1v) is 8.59. The van der Waals surface area contributed by atoms with Gasteiger partial charge in [0.2, 0.25) is 0 Å². The summed E-state index contributed by atoms with van der Waals surface area (Å²) in [6.45, 7) is 0. The number of ether oxygens (including phenoxy) is 2. The highest BCUT2D eigenvalue weighted by Gasteiger charge is 2.20. The molecule has 0 atom stereocenters. The average Bonchev–Trinajstić information content (AvgIpc) is 2.60. The van der Waals surface area contributed by atoms with E-state index in [0.717, 1.165) is 19.2 Å². The fraction of sp³-hybridized carbons (Fsp3) is 0.125. The Morgan fingerprint density at radius 1 is 0.857 bits per heavy atom. The molecule has 0 amide bonds. The van der Waals surface area contributed by atoms with Crippen molar-refractivity contribution in [3.63, 3.8) is 0 Å². The van der Waals surface area contributed by atoms with E-state index in [9.17, 15) is 19.7 Å². The highest BCUT2D eigenvalue weighted by atomic mass is 35.5. The summed E-state index contributed by atoms with van der Waals surface area (Å²) in [5.74, 6) is -1.31. The van der Waals surface area contributed by atoms with Crippen LogP contribution in [0.1, 0.15) is 20.7 Å². The van der Waals surface area contributed by atoms with Crippen LogP contribution in [0.3, 0.4) is 0 Å². The molecule has 8 nitrogen and oxygen atoms in total. The maximum atomic E-state index is 11.2. The van der Waals surface area contributed by atoms with Crippen molar-refractivity contribution in [1.29, 1.82) is 0 Å². The summed E-state index contributed by atoms with van der Waals surface area (Å²) in [4.78, 5) is 32.1. The fourth-order valence-corrected chi connectivity index (χ4v) is 3.14. The molecule has 2 aromatic rings. The van der Waals surface area contributed by atoms with Gasteiger partial charge < -0.3 is 15.2 Å². The van der Waals surface area contributed by atoms with Gasteiger partial charge >= 0.3 is 11.9 Å². The van der Waals surface area contributed by atoms with Gasteiger partial charge in [0, 0.05) is 17.8 Å². The van der Waals surface area contributed by atoms with E-state index in [4.69, 9.17) is 52.1 Å². The predicted octanol–water partition coefficient (Wildman–Crippen LogP) is 5.05. The van der Waals surface area contributed by atoms with Crippen LogP contribution in [0.5, 0.6) is 0 Å². The molecular weight excluding hydrogens is 458 g/mol. The average molecular weight is 470 g/mol. The van der Waals surface area contributed by atoms with Crippen LogP contribution in [0.4, 0.5) is 11.4 Å². The van der Waals surface area contributed by atoms with E-state index in [0.29, 0.717) is 5.69 Å². The zero-order valence-electron chi connectivity index (χ0n) is 14.3. The maximum absolute atomic E-state index is 11.2. The number of nitrogens with two attached hydrogens (primary N) is 1. The molecule has 0 aliphatic rings. The van der Waals surface area contributed by atoms with Crippen LogP contribution in [0, 0.1) is 10.1 Å². The second-order valence-electron chi connectivity index (χ2n) is 4.88. The van der Waals surface area contributed by atoms with Crippen molar-refractivity contribution in [3.8, 4) is 0 Å². The van der Waals surface area contributed by atoms with E-state index in [1.807, 2.05) is 0 Å². The third-order valence-electron chi connectivity index (χ3n) is 3.08. The third kappa shape index (κ3) is 5.87. The van der Waals surface area contributed by atoms with Gasteiger partial charge in [-0.25, -0.2) is 9.59 Å². The SMILES string of the molecule is COC(=O)c1c(Cl)cc(N)cc1Cl.COC(=O)c1c(Cl)cc([N+](=O)[O-])cc1Cl. The molecular formula is C16H12Cl4N2O6. The Hall–Kier alpha value is -2.26. The van der Waals surface area contributed by atoms with Crippen LogP contribution >= 0.6 is 46.4 Å². The van der Waals surface area contributed by atoms with Crippen molar-refractivity contribution < 1.29 is 24.0 Å². The molecule has 0 aliphatic carbocycles. The van der Waals surface area contributed by atoms with E-state index in [2.05, 4.69) is 9.47 Å². The summed E-state index contributed by atoms with van der Waals surface area (Å²) in [6.07, 6.45) is 0. The van der Waals surface area contributed by atoms with Crippen LogP contribution in [0.2, 0.25) is 20.1 Å². The van der Waals surface area contributed by atoms with Crippen molar-refractivity contribution in [2.45, 2.75) is 0 Å². The standard InChI is InChI=1S/C8H5Cl2NO4.C8H7Cl2NO2/c1-15-8(12)7-5(9)2-4(11(13)14)3-6(7)10;1-13-8(12)7-5(9)2-4(11)3-6(7)10/h2-3H,1H3;2-3H,11H2,1H3. The topological polar surface area (TPSA) is 122 Å². The van der Waals surface area contributed by atoms with E-state index >= 15 is 0 Å². The number of halogens is 4. The molecule has 2 N–H and O–H groups in total. The predicted molar refractivity (Wildman–Crippen MR) is 107 cm³/mol. The number of methoxy groups -OCH3 is 2. The summed E-state index contributed by atoms with van der Waals surface area (Å²) in [5.41, 5.74) is 5.64. The Labute approximate surface area is 179 Å². The van der Waals surface area contributed by atoms with Gasteiger partial charge in [0.05, 0.1) is 50.4 Å². The lowest BCUT2D eigenvalue weighted by Gasteiger charge is -2.05. The molecule has 0 fully saturated rings. The number of hydrogen-bond donors (Lipinski definition) is 1. The number of hydrogen-bond acceptors (Lipinski definition) is 7. The highest BCUT2D eigenvalue weighted by molar-refractivity contribution is 6.40.